The summed E-state index contributed by atoms with van der Waals surface area (Å²) < 4.78 is 53.8. The Morgan fingerprint density at radius 3 is 2.59 bits per heavy atom. The maximum Gasteiger partial charge on any atom is 0.419 e. The lowest BCUT2D eigenvalue weighted by molar-refractivity contribution is -0.140. The molecule has 0 saturated carbocycles. The second-order valence-electron chi connectivity index (χ2n) is 8.33. The van der Waals surface area contributed by atoms with Gasteiger partial charge < -0.3 is 20.3 Å². The van der Waals surface area contributed by atoms with Crippen LogP contribution in [0.2, 0.25) is 0 Å². The van der Waals surface area contributed by atoms with Crippen molar-refractivity contribution < 1.29 is 22.7 Å². The summed E-state index contributed by atoms with van der Waals surface area (Å²) in [5, 5.41) is 21.5. The fraction of sp³-hybridized carbons (Fsp3) is 0.381. The largest absolute Gasteiger partial charge is 0.419 e. The standard InChI is InChI=1S/C21H21F4N5O2/c1-10(12-5-4-6-14(16(12)22)21(23,24)25)26-18-13-7-15(30-8-20(3,32)9-30)19(31)27-17(13)11(2)28-29-18/h4-7,10,32H,8-9H2,1-3H3,(H,26,29)(H,27,31)/t10-/m1/s1. The number of rotatable bonds is 4. The molecule has 1 aliphatic rings. The molecule has 0 bridgehead atoms. The molecule has 7 nitrogen and oxygen atoms in total. The number of aliphatic hydroxyl groups is 1. The highest BCUT2D eigenvalue weighted by Crippen LogP contribution is 2.35. The van der Waals surface area contributed by atoms with Crippen molar-refractivity contribution in [1.29, 1.82) is 0 Å². The summed E-state index contributed by atoms with van der Waals surface area (Å²) in [6.45, 7) is 5.36. The number of nitrogens with one attached hydrogen (secondary N) is 2. The van der Waals surface area contributed by atoms with E-state index in [1.165, 1.54) is 13.0 Å². The number of pyridine rings is 1. The zero-order chi connectivity index (χ0) is 23.4. The average molecular weight is 451 g/mol. The van der Waals surface area contributed by atoms with Crippen LogP contribution in [-0.4, -0.2) is 39.0 Å². The summed E-state index contributed by atoms with van der Waals surface area (Å²) in [5.74, 6) is -1.18. The molecule has 170 valence electrons. The number of aryl methyl sites for hydroxylation is 1. The van der Waals surface area contributed by atoms with Crippen LogP contribution >= 0.6 is 0 Å². The van der Waals surface area contributed by atoms with Crippen LogP contribution in [0.3, 0.4) is 0 Å². The fourth-order valence-electron chi connectivity index (χ4n) is 3.89. The Hall–Kier alpha value is -3.21. The van der Waals surface area contributed by atoms with Gasteiger partial charge in [0.05, 0.1) is 28.4 Å². The van der Waals surface area contributed by atoms with Gasteiger partial charge in [0, 0.05) is 24.0 Å². The smallest absolute Gasteiger partial charge is 0.386 e. The first-order chi connectivity index (χ1) is 14.9. The SMILES string of the molecule is Cc1nnc(N[C@H](C)c2cccc(C(F)(F)F)c2F)c2cc(N3CC(C)(O)C3)c(=O)[nH]c12. The topological polar surface area (TPSA) is 94.1 Å². The summed E-state index contributed by atoms with van der Waals surface area (Å²) in [4.78, 5) is 17.0. The van der Waals surface area contributed by atoms with E-state index < -0.39 is 29.2 Å². The number of nitrogens with zero attached hydrogens (tertiary/aromatic N) is 3. The van der Waals surface area contributed by atoms with E-state index in [0.717, 1.165) is 6.07 Å². The first-order valence-electron chi connectivity index (χ1n) is 9.87. The van der Waals surface area contributed by atoms with E-state index in [1.54, 1.807) is 24.8 Å². The van der Waals surface area contributed by atoms with Crippen molar-refractivity contribution in [2.45, 2.75) is 38.6 Å². The summed E-state index contributed by atoms with van der Waals surface area (Å²) in [5.41, 5.74) is -1.63. The molecule has 3 N–H and O–H groups in total. The summed E-state index contributed by atoms with van der Waals surface area (Å²) in [7, 11) is 0. The second kappa shape index (κ2) is 7.44. The van der Waals surface area contributed by atoms with E-state index in [0.29, 0.717) is 28.4 Å². The third-order valence-corrected chi connectivity index (χ3v) is 5.50. The van der Waals surface area contributed by atoms with Gasteiger partial charge in [-0.1, -0.05) is 12.1 Å². The third kappa shape index (κ3) is 3.88. The van der Waals surface area contributed by atoms with Crippen molar-refractivity contribution in [3.63, 3.8) is 0 Å². The molecule has 3 heterocycles. The lowest BCUT2D eigenvalue weighted by Gasteiger charge is -2.45. The number of hydrogen-bond donors (Lipinski definition) is 3. The van der Waals surface area contributed by atoms with Crippen molar-refractivity contribution in [1.82, 2.24) is 15.2 Å². The highest BCUT2D eigenvalue weighted by Gasteiger charge is 2.38. The van der Waals surface area contributed by atoms with E-state index in [1.807, 2.05) is 0 Å². The number of halogens is 4. The first-order valence-corrected chi connectivity index (χ1v) is 9.87. The molecule has 32 heavy (non-hydrogen) atoms. The zero-order valence-corrected chi connectivity index (χ0v) is 17.5. The fourth-order valence-corrected chi connectivity index (χ4v) is 3.89. The normalized spacial score (nSPS) is 16.7. The van der Waals surface area contributed by atoms with Gasteiger partial charge in [0.15, 0.2) is 5.82 Å². The predicted molar refractivity (Wildman–Crippen MR) is 111 cm³/mol. The van der Waals surface area contributed by atoms with Crippen molar-refractivity contribution >= 4 is 22.4 Å². The van der Waals surface area contributed by atoms with Gasteiger partial charge in [-0.25, -0.2) is 4.39 Å². The summed E-state index contributed by atoms with van der Waals surface area (Å²) in [6.07, 6.45) is -4.82. The van der Waals surface area contributed by atoms with Crippen LogP contribution in [0.1, 0.15) is 36.7 Å². The van der Waals surface area contributed by atoms with Crippen LogP contribution in [0.4, 0.5) is 29.1 Å². The van der Waals surface area contributed by atoms with Gasteiger partial charge in [-0.05, 0) is 32.9 Å². The molecular formula is C21H21F4N5O2. The Labute approximate surface area is 180 Å². The molecule has 1 saturated heterocycles. The maximum atomic E-state index is 14.6. The van der Waals surface area contributed by atoms with Crippen molar-refractivity contribution in [3.05, 3.63) is 57.3 Å². The van der Waals surface area contributed by atoms with Crippen LogP contribution in [0, 0.1) is 12.7 Å². The van der Waals surface area contributed by atoms with Crippen molar-refractivity contribution in [3.8, 4) is 0 Å². The number of aromatic amines is 1. The van der Waals surface area contributed by atoms with Gasteiger partial charge in [0.2, 0.25) is 0 Å². The minimum atomic E-state index is -4.82. The number of β-amino-alcohol motifs (C(OH)–C–C–N with tert-alkyl or cyclic N) is 1. The molecular weight excluding hydrogens is 430 g/mol. The summed E-state index contributed by atoms with van der Waals surface area (Å²) >= 11 is 0. The molecule has 0 spiro atoms. The van der Waals surface area contributed by atoms with Crippen LogP contribution in [0.25, 0.3) is 10.9 Å². The van der Waals surface area contributed by atoms with Crippen LogP contribution in [0.5, 0.6) is 0 Å². The van der Waals surface area contributed by atoms with Gasteiger partial charge in [0.1, 0.15) is 11.5 Å². The molecule has 2 aromatic heterocycles. The first kappa shape index (κ1) is 22.0. The quantitative estimate of drug-likeness (QED) is 0.526. The van der Waals surface area contributed by atoms with E-state index >= 15 is 0 Å². The molecule has 3 aromatic rings. The molecule has 1 aliphatic heterocycles. The molecule has 4 rings (SSSR count). The number of fused-ring (bicyclic) bond motifs is 1. The number of H-pyrrole nitrogens is 1. The number of hydrogen-bond acceptors (Lipinski definition) is 6. The number of aromatic nitrogens is 3. The van der Waals surface area contributed by atoms with Gasteiger partial charge in [-0.3, -0.25) is 4.79 Å². The Morgan fingerprint density at radius 2 is 1.97 bits per heavy atom. The lowest BCUT2D eigenvalue weighted by atomic mass is 9.96. The molecule has 1 fully saturated rings. The van der Waals surface area contributed by atoms with Gasteiger partial charge in [-0.15, -0.1) is 5.10 Å². The second-order valence-corrected chi connectivity index (χ2v) is 8.33. The van der Waals surface area contributed by atoms with Gasteiger partial charge in [-0.2, -0.15) is 18.3 Å². The Bertz CT molecular complexity index is 1250. The highest BCUT2D eigenvalue weighted by molar-refractivity contribution is 5.92. The lowest BCUT2D eigenvalue weighted by Crippen LogP contribution is -2.61. The Kier molecular flexibility index (Phi) is 5.11. The van der Waals surface area contributed by atoms with E-state index in [9.17, 15) is 27.5 Å². The Morgan fingerprint density at radius 1 is 1.28 bits per heavy atom. The minimum absolute atomic E-state index is 0.180. The van der Waals surface area contributed by atoms with E-state index in [-0.39, 0.29) is 30.0 Å². The molecule has 0 unspecified atom stereocenters. The average Bonchev–Trinajstić information content (AvgIpc) is 2.67. The molecule has 0 aliphatic carbocycles. The van der Waals surface area contributed by atoms with Gasteiger partial charge in [0.25, 0.3) is 5.56 Å². The molecule has 1 atom stereocenters. The maximum absolute atomic E-state index is 14.6. The highest BCUT2D eigenvalue weighted by atomic mass is 19.4. The monoisotopic (exact) mass is 451 g/mol. The zero-order valence-electron chi connectivity index (χ0n) is 17.5. The summed E-state index contributed by atoms with van der Waals surface area (Å²) in [6, 6.07) is 3.80. The molecule has 0 amide bonds. The molecule has 11 heteroatoms. The predicted octanol–water partition coefficient (Wildman–Crippen LogP) is 3.53. The van der Waals surface area contributed by atoms with Gasteiger partial charge >= 0.3 is 6.18 Å². The van der Waals surface area contributed by atoms with Crippen LogP contribution < -0.4 is 15.8 Å². The Balaban J connectivity index is 1.74. The van der Waals surface area contributed by atoms with Crippen LogP contribution in [0.15, 0.2) is 29.1 Å². The third-order valence-electron chi connectivity index (χ3n) is 5.50. The number of anilines is 2. The number of benzene rings is 1. The van der Waals surface area contributed by atoms with Crippen molar-refractivity contribution in [2.24, 2.45) is 0 Å². The number of alkyl halides is 3. The van der Waals surface area contributed by atoms with E-state index in [2.05, 4.69) is 20.5 Å². The van der Waals surface area contributed by atoms with E-state index in [4.69, 9.17) is 0 Å². The van der Waals surface area contributed by atoms with Crippen LogP contribution in [-0.2, 0) is 6.18 Å². The van der Waals surface area contributed by atoms with Crippen molar-refractivity contribution in [2.75, 3.05) is 23.3 Å². The molecule has 0 radical (unpaired) electrons. The minimum Gasteiger partial charge on any atom is -0.386 e. The molecule has 1 aromatic carbocycles.